The molecule has 0 aliphatic carbocycles. The van der Waals surface area contributed by atoms with E-state index < -0.39 is 5.97 Å². The van der Waals surface area contributed by atoms with Gasteiger partial charge >= 0.3 is 5.97 Å². The standard InChI is InChI=1S/C16H13N3O2/c1-19-10-11(9-17-19)6-7-12-8-14(16(20)21)13-4-2-3-5-15(13)18-12/h2-10H,1H3,(H,20,21)/b7-6+. The van der Waals surface area contributed by atoms with Crippen molar-refractivity contribution < 1.29 is 9.90 Å². The minimum absolute atomic E-state index is 0.256. The monoisotopic (exact) mass is 279 g/mol. The van der Waals surface area contributed by atoms with E-state index in [9.17, 15) is 9.90 Å². The number of benzene rings is 1. The predicted molar refractivity (Wildman–Crippen MR) is 80.8 cm³/mol. The summed E-state index contributed by atoms with van der Waals surface area (Å²) in [5, 5.41) is 14.0. The Hall–Kier alpha value is -2.95. The van der Waals surface area contributed by atoms with Crippen molar-refractivity contribution in [3.05, 3.63) is 59.5 Å². The van der Waals surface area contributed by atoms with E-state index in [0.29, 0.717) is 16.6 Å². The quantitative estimate of drug-likeness (QED) is 0.800. The highest BCUT2D eigenvalue weighted by atomic mass is 16.4. The first-order valence-electron chi connectivity index (χ1n) is 6.43. The molecule has 3 rings (SSSR count). The number of carboxylic acids is 1. The van der Waals surface area contributed by atoms with Crippen LogP contribution in [0.5, 0.6) is 0 Å². The van der Waals surface area contributed by atoms with Gasteiger partial charge in [-0.3, -0.25) is 4.68 Å². The third kappa shape index (κ3) is 2.67. The molecule has 1 aromatic carbocycles. The Morgan fingerprint density at radius 2 is 2.10 bits per heavy atom. The lowest BCUT2D eigenvalue weighted by atomic mass is 10.1. The summed E-state index contributed by atoms with van der Waals surface area (Å²) in [6.07, 6.45) is 7.25. The van der Waals surface area contributed by atoms with Crippen molar-refractivity contribution in [2.24, 2.45) is 7.05 Å². The van der Waals surface area contributed by atoms with Crippen LogP contribution in [-0.2, 0) is 7.05 Å². The van der Waals surface area contributed by atoms with Crippen LogP contribution in [0.4, 0.5) is 0 Å². The molecule has 0 saturated heterocycles. The lowest BCUT2D eigenvalue weighted by Gasteiger charge is -2.03. The van der Waals surface area contributed by atoms with Crippen LogP contribution in [0.25, 0.3) is 23.1 Å². The summed E-state index contributed by atoms with van der Waals surface area (Å²) in [5.41, 5.74) is 2.47. The number of para-hydroxylation sites is 1. The highest BCUT2D eigenvalue weighted by molar-refractivity contribution is 6.03. The Bertz CT molecular complexity index is 850. The van der Waals surface area contributed by atoms with E-state index in [-0.39, 0.29) is 5.56 Å². The number of rotatable bonds is 3. The Morgan fingerprint density at radius 3 is 2.81 bits per heavy atom. The normalized spacial score (nSPS) is 11.3. The first-order chi connectivity index (χ1) is 10.1. The summed E-state index contributed by atoms with van der Waals surface area (Å²) in [6.45, 7) is 0. The van der Waals surface area contributed by atoms with Crippen molar-refractivity contribution in [3.63, 3.8) is 0 Å². The molecule has 0 atom stereocenters. The summed E-state index contributed by atoms with van der Waals surface area (Å²) < 4.78 is 1.70. The van der Waals surface area contributed by atoms with E-state index in [0.717, 1.165) is 5.56 Å². The molecule has 0 aliphatic rings. The largest absolute Gasteiger partial charge is 0.478 e. The molecule has 0 fully saturated rings. The lowest BCUT2D eigenvalue weighted by Crippen LogP contribution is -2.00. The van der Waals surface area contributed by atoms with Crippen LogP contribution < -0.4 is 0 Å². The molecule has 2 aromatic heterocycles. The smallest absolute Gasteiger partial charge is 0.336 e. The molecular weight excluding hydrogens is 266 g/mol. The molecule has 5 nitrogen and oxygen atoms in total. The highest BCUT2D eigenvalue weighted by Crippen LogP contribution is 2.19. The van der Waals surface area contributed by atoms with Crippen molar-refractivity contribution >= 4 is 29.0 Å². The van der Waals surface area contributed by atoms with Gasteiger partial charge < -0.3 is 5.11 Å². The van der Waals surface area contributed by atoms with E-state index in [2.05, 4.69) is 10.1 Å². The summed E-state index contributed by atoms with van der Waals surface area (Å²) in [7, 11) is 1.84. The number of aromatic carboxylic acids is 1. The van der Waals surface area contributed by atoms with Crippen LogP contribution in [-0.4, -0.2) is 25.8 Å². The van der Waals surface area contributed by atoms with E-state index in [4.69, 9.17) is 0 Å². The minimum Gasteiger partial charge on any atom is -0.478 e. The van der Waals surface area contributed by atoms with Gasteiger partial charge in [-0.2, -0.15) is 5.10 Å². The molecule has 0 bridgehead atoms. The summed E-state index contributed by atoms with van der Waals surface area (Å²) in [5.74, 6) is -0.954. The maximum atomic E-state index is 11.4. The number of fused-ring (bicyclic) bond motifs is 1. The first-order valence-corrected chi connectivity index (χ1v) is 6.43. The van der Waals surface area contributed by atoms with E-state index in [1.54, 1.807) is 29.1 Å². The fourth-order valence-electron chi connectivity index (χ4n) is 2.17. The number of hydrogen-bond acceptors (Lipinski definition) is 3. The molecule has 0 amide bonds. The molecule has 1 N–H and O–H groups in total. The fraction of sp³-hybridized carbons (Fsp3) is 0.0625. The topological polar surface area (TPSA) is 68.0 Å². The SMILES string of the molecule is Cn1cc(/C=C/c2cc(C(=O)O)c3ccccc3n2)cn1. The third-order valence-corrected chi connectivity index (χ3v) is 3.14. The van der Waals surface area contributed by atoms with Crippen molar-refractivity contribution in [1.82, 2.24) is 14.8 Å². The number of carbonyl (C=O) groups is 1. The summed E-state index contributed by atoms with van der Waals surface area (Å²) in [6, 6.07) is 8.80. The number of pyridine rings is 1. The predicted octanol–water partition coefficient (Wildman–Crippen LogP) is 2.84. The van der Waals surface area contributed by atoms with Gasteiger partial charge in [0.1, 0.15) is 0 Å². The average molecular weight is 279 g/mol. The molecule has 5 heteroatoms. The average Bonchev–Trinajstić information content (AvgIpc) is 2.89. The molecule has 0 unspecified atom stereocenters. The van der Waals surface area contributed by atoms with Crippen LogP contribution in [0.15, 0.2) is 42.7 Å². The zero-order valence-electron chi connectivity index (χ0n) is 11.4. The van der Waals surface area contributed by atoms with Crippen molar-refractivity contribution in [1.29, 1.82) is 0 Å². The molecular formula is C16H13N3O2. The second-order valence-corrected chi connectivity index (χ2v) is 4.70. The van der Waals surface area contributed by atoms with E-state index in [1.165, 1.54) is 0 Å². The van der Waals surface area contributed by atoms with Gasteiger partial charge in [-0.15, -0.1) is 0 Å². The van der Waals surface area contributed by atoms with Crippen molar-refractivity contribution in [2.75, 3.05) is 0 Å². The van der Waals surface area contributed by atoms with Gasteiger partial charge in [0.15, 0.2) is 0 Å². The van der Waals surface area contributed by atoms with Crippen molar-refractivity contribution in [2.45, 2.75) is 0 Å². The summed E-state index contributed by atoms with van der Waals surface area (Å²) in [4.78, 5) is 15.8. The van der Waals surface area contributed by atoms with Crippen LogP contribution in [0, 0.1) is 0 Å². The zero-order chi connectivity index (χ0) is 14.8. The van der Waals surface area contributed by atoms with Crippen LogP contribution in [0.3, 0.4) is 0 Å². The van der Waals surface area contributed by atoms with E-state index >= 15 is 0 Å². The zero-order valence-corrected chi connectivity index (χ0v) is 11.4. The number of nitrogens with zero attached hydrogens (tertiary/aromatic N) is 3. The Morgan fingerprint density at radius 1 is 1.29 bits per heavy atom. The number of carboxylic acid groups (broad SMARTS) is 1. The Balaban J connectivity index is 2.07. The van der Waals surface area contributed by atoms with Crippen LogP contribution >= 0.6 is 0 Å². The molecule has 0 spiro atoms. The molecule has 0 radical (unpaired) electrons. The van der Waals surface area contributed by atoms with Gasteiger partial charge in [-0.1, -0.05) is 18.2 Å². The van der Waals surface area contributed by atoms with E-state index in [1.807, 2.05) is 37.5 Å². The van der Waals surface area contributed by atoms with Gasteiger partial charge in [-0.05, 0) is 24.3 Å². The molecule has 0 saturated carbocycles. The molecule has 2 heterocycles. The Labute approximate surface area is 121 Å². The van der Waals surface area contributed by atoms with Gasteiger partial charge in [0.2, 0.25) is 0 Å². The molecule has 3 aromatic rings. The maximum Gasteiger partial charge on any atom is 0.336 e. The van der Waals surface area contributed by atoms with Crippen LogP contribution in [0.2, 0.25) is 0 Å². The Kier molecular flexibility index (Phi) is 3.23. The maximum absolute atomic E-state index is 11.4. The van der Waals surface area contributed by atoms with Gasteiger partial charge in [0, 0.05) is 24.2 Å². The fourth-order valence-corrected chi connectivity index (χ4v) is 2.17. The van der Waals surface area contributed by atoms with Gasteiger partial charge in [0.05, 0.1) is 23.0 Å². The minimum atomic E-state index is -0.954. The summed E-state index contributed by atoms with van der Waals surface area (Å²) >= 11 is 0. The molecule has 21 heavy (non-hydrogen) atoms. The third-order valence-electron chi connectivity index (χ3n) is 3.14. The van der Waals surface area contributed by atoms with Crippen molar-refractivity contribution in [3.8, 4) is 0 Å². The molecule has 0 aliphatic heterocycles. The number of aromatic nitrogens is 3. The first kappa shape index (κ1) is 13.1. The highest BCUT2D eigenvalue weighted by Gasteiger charge is 2.10. The second kappa shape index (κ2) is 5.20. The van der Waals surface area contributed by atoms with Gasteiger partial charge in [0.25, 0.3) is 0 Å². The second-order valence-electron chi connectivity index (χ2n) is 4.70. The van der Waals surface area contributed by atoms with Crippen LogP contribution in [0.1, 0.15) is 21.6 Å². The molecule has 104 valence electrons. The lowest BCUT2D eigenvalue weighted by molar-refractivity contribution is 0.0699. The van der Waals surface area contributed by atoms with Gasteiger partial charge in [-0.25, -0.2) is 9.78 Å². The number of hydrogen-bond donors (Lipinski definition) is 1. The number of aryl methyl sites for hydroxylation is 1.